The molecule has 0 spiro atoms. The van der Waals surface area contributed by atoms with E-state index in [1.165, 1.54) is 0 Å². The second-order valence-electron chi connectivity index (χ2n) is 2.89. The van der Waals surface area contributed by atoms with Gasteiger partial charge in [0.2, 0.25) is 0 Å². The standard InChI is InChI=1S/C12H10NO/c1-2-5-11(6-3-1)10-14-12-7-4-8-13-9-12/h1-8H,10H2. The molecule has 0 aliphatic heterocycles. The van der Waals surface area contributed by atoms with Crippen molar-refractivity contribution >= 4 is 0 Å². The van der Waals surface area contributed by atoms with Gasteiger partial charge in [-0.1, -0.05) is 30.3 Å². The van der Waals surface area contributed by atoms with Gasteiger partial charge in [0.15, 0.2) is 0 Å². The largest absolute Gasteiger partial charge is 0.487 e. The van der Waals surface area contributed by atoms with Crippen LogP contribution in [0.2, 0.25) is 0 Å². The summed E-state index contributed by atoms with van der Waals surface area (Å²) in [5.74, 6) is 0.677. The molecule has 1 radical (unpaired) electrons. The van der Waals surface area contributed by atoms with Gasteiger partial charge in [-0.2, -0.15) is 0 Å². The fourth-order valence-corrected chi connectivity index (χ4v) is 1.13. The van der Waals surface area contributed by atoms with Crippen molar-refractivity contribution in [3.05, 3.63) is 60.4 Å². The van der Waals surface area contributed by atoms with Crippen molar-refractivity contribution in [2.45, 2.75) is 6.61 Å². The lowest BCUT2D eigenvalue weighted by molar-refractivity contribution is 0.304. The number of rotatable bonds is 3. The Bertz CT molecular complexity index is 333. The summed E-state index contributed by atoms with van der Waals surface area (Å²) in [7, 11) is 0. The molecule has 1 heterocycles. The maximum Gasteiger partial charge on any atom is 0.147 e. The van der Waals surface area contributed by atoms with Gasteiger partial charge in [-0.05, 0) is 17.7 Å². The summed E-state index contributed by atoms with van der Waals surface area (Å²) in [6.07, 6.45) is 4.44. The molecule has 0 N–H and O–H groups in total. The van der Waals surface area contributed by atoms with Crippen LogP contribution in [0.1, 0.15) is 5.56 Å². The van der Waals surface area contributed by atoms with Gasteiger partial charge in [0, 0.05) is 6.20 Å². The van der Waals surface area contributed by atoms with Crippen LogP contribution in [0.4, 0.5) is 0 Å². The van der Waals surface area contributed by atoms with Crippen molar-refractivity contribution < 1.29 is 4.74 Å². The van der Waals surface area contributed by atoms with Crippen molar-refractivity contribution in [3.63, 3.8) is 0 Å². The van der Waals surface area contributed by atoms with Crippen LogP contribution in [0, 0.1) is 6.20 Å². The van der Waals surface area contributed by atoms with Crippen molar-refractivity contribution in [2.24, 2.45) is 0 Å². The minimum atomic E-state index is 0.559. The predicted molar refractivity (Wildman–Crippen MR) is 53.8 cm³/mol. The molecule has 69 valence electrons. The summed E-state index contributed by atoms with van der Waals surface area (Å²) in [5, 5.41) is 0. The molecule has 2 aromatic rings. The highest BCUT2D eigenvalue weighted by atomic mass is 16.5. The zero-order valence-electron chi connectivity index (χ0n) is 7.68. The monoisotopic (exact) mass is 184 g/mol. The molecule has 0 bridgehead atoms. The Labute approximate surface area is 83.2 Å². The molecule has 0 aliphatic rings. The molecule has 0 aliphatic carbocycles. The minimum Gasteiger partial charge on any atom is -0.487 e. The number of pyridine rings is 1. The van der Waals surface area contributed by atoms with Gasteiger partial charge in [-0.3, -0.25) is 4.98 Å². The first kappa shape index (κ1) is 8.75. The molecule has 0 saturated heterocycles. The fourth-order valence-electron chi connectivity index (χ4n) is 1.13. The van der Waals surface area contributed by atoms with Crippen LogP contribution in [0.25, 0.3) is 0 Å². The zero-order valence-corrected chi connectivity index (χ0v) is 7.68. The predicted octanol–water partition coefficient (Wildman–Crippen LogP) is 2.46. The van der Waals surface area contributed by atoms with Crippen LogP contribution >= 0.6 is 0 Å². The van der Waals surface area contributed by atoms with Gasteiger partial charge in [-0.15, -0.1) is 0 Å². The number of aromatic nitrogens is 1. The first-order valence-electron chi connectivity index (χ1n) is 4.44. The SMILES string of the molecule is [c]1ncccc1OCc1ccccc1. The van der Waals surface area contributed by atoms with E-state index in [1.807, 2.05) is 42.5 Å². The Hall–Kier alpha value is -1.83. The molecule has 0 fully saturated rings. The highest BCUT2D eigenvalue weighted by molar-refractivity contribution is 5.17. The molecular weight excluding hydrogens is 174 g/mol. The third kappa shape index (κ3) is 2.33. The summed E-state index contributed by atoms with van der Waals surface area (Å²) >= 11 is 0. The van der Waals surface area contributed by atoms with Gasteiger partial charge < -0.3 is 4.74 Å². The number of hydrogen-bond acceptors (Lipinski definition) is 2. The maximum atomic E-state index is 5.47. The molecule has 2 heteroatoms. The van der Waals surface area contributed by atoms with Crippen LogP contribution in [0.3, 0.4) is 0 Å². The topological polar surface area (TPSA) is 22.1 Å². The summed E-state index contributed by atoms with van der Waals surface area (Å²) < 4.78 is 5.47. The Kier molecular flexibility index (Phi) is 2.76. The van der Waals surface area contributed by atoms with E-state index in [9.17, 15) is 0 Å². The number of ether oxygens (including phenoxy) is 1. The summed E-state index contributed by atoms with van der Waals surface area (Å²) in [5.41, 5.74) is 1.14. The number of nitrogens with zero attached hydrogens (tertiary/aromatic N) is 1. The molecule has 0 atom stereocenters. The van der Waals surface area contributed by atoms with Crippen LogP contribution in [0.5, 0.6) is 5.75 Å². The highest BCUT2D eigenvalue weighted by Crippen LogP contribution is 2.08. The van der Waals surface area contributed by atoms with Gasteiger partial charge in [0.1, 0.15) is 18.6 Å². The first-order valence-corrected chi connectivity index (χ1v) is 4.44. The smallest absolute Gasteiger partial charge is 0.147 e. The Morgan fingerprint density at radius 2 is 1.93 bits per heavy atom. The van der Waals surface area contributed by atoms with E-state index in [0.717, 1.165) is 5.56 Å². The van der Waals surface area contributed by atoms with E-state index in [1.54, 1.807) is 6.20 Å². The fraction of sp³-hybridized carbons (Fsp3) is 0.0833. The second-order valence-corrected chi connectivity index (χ2v) is 2.89. The lowest BCUT2D eigenvalue weighted by atomic mass is 10.2. The van der Waals surface area contributed by atoms with Crippen molar-refractivity contribution in [2.75, 3.05) is 0 Å². The molecule has 0 unspecified atom stereocenters. The van der Waals surface area contributed by atoms with E-state index in [2.05, 4.69) is 11.2 Å². The van der Waals surface area contributed by atoms with Gasteiger partial charge in [0.25, 0.3) is 0 Å². The Morgan fingerprint density at radius 3 is 2.64 bits per heavy atom. The first-order chi connectivity index (χ1) is 6.95. The third-order valence-corrected chi connectivity index (χ3v) is 1.82. The van der Waals surface area contributed by atoms with Gasteiger partial charge in [-0.25, -0.2) is 0 Å². The van der Waals surface area contributed by atoms with E-state index < -0.39 is 0 Å². The van der Waals surface area contributed by atoms with Gasteiger partial charge in [0.05, 0.1) is 0 Å². The molecule has 14 heavy (non-hydrogen) atoms. The molecular formula is C12H10NO. The summed E-state index contributed by atoms with van der Waals surface area (Å²) in [4.78, 5) is 3.85. The van der Waals surface area contributed by atoms with Crippen molar-refractivity contribution in [1.82, 2.24) is 4.98 Å². The zero-order chi connectivity index (χ0) is 9.64. The molecule has 0 amide bonds. The molecule has 1 aromatic carbocycles. The summed E-state index contributed by atoms with van der Waals surface area (Å²) in [6, 6.07) is 13.7. The van der Waals surface area contributed by atoms with Gasteiger partial charge >= 0.3 is 0 Å². The second kappa shape index (κ2) is 4.42. The van der Waals surface area contributed by atoms with Crippen molar-refractivity contribution in [3.8, 4) is 5.75 Å². The van der Waals surface area contributed by atoms with Crippen LogP contribution in [-0.2, 0) is 6.61 Å². The van der Waals surface area contributed by atoms with Crippen LogP contribution in [-0.4, -0.2) is 4.98 Å². The van der Waals surface area contributed by atoms with E-state index in [0.29, 0.717) is 12.4 Å². The maximum absolute atomic E-state index is 5.47. The quantitative estimate of drug-likeness (QED) is 0.731. The molecule has 2 nitrogen and oxygen atoms in total. The van der Waals surface area contributed by atoms with E-state index in [4.69, 9.17) is 4.74 Å². The van der Waals surface area contributed by atoms with E-state index >= 15 is 0 Å². The summed E-state index contributed by atoms with van der Waals surface area (Å²) in [6.45, 7) is 0.559. The number of hydrogen-bond donors (Lipinski definition) is 0. The third-order valence-electron chi connectivity index (χ3n) is 1.82. The minimum absolute atomic E-state index is 0.559. The van der Waals surface area contributed by atoms with Crippen LogP contribution in [0.15, 0.2) is 48.7 Å². The highest BCUT2D eigenvalue weighted by Gasteiger charge is 1.94. The molecule has 2 rings (SSSR count). The van der Waals surface area contributed by atoms with E-state index in [-0.39, 0.29) is 0 Å². The normalized spacial score (nSPS) is 9.71. The average molecular weight is 184 g/mol. The van der Waals surface area contributed by atoms with Crippen LogP contribution < -0.4 is 4.74 Å². The lowest BCUT2D eigenvalue weighted by Crippen LogP contribution is -1.94. The number of benzene rings is 1. The van der Waals surface area contributed by atoms with Crippen molar-refractivity contribution in [1.29, 1.82) is 0 Å². The Morgan fingerprint density at radius 1 is 1.07 bits per heavy atom. The Balaban J connectivity index is 1.96. The molecule has 0 saturated carbocycles. The lowest BCUT2D eigenvalue weighted by Gasteiger charge is -2.04. The molecule has 1 aromatic heterocycles. The average Bonchev–Trinajstić information content (AvgIpc) is 2.29.